The standard InChI is InChI=1S/C14H21N3O2/c1-11-6-4-7-12(13(11)17(18)19)15-10-14(16(2)3)8-5-9-14/h4,6-7,15H,5,8-10H2,1-3H3. The summed E-state index contributed by atoms with van der Waals surface area (Å²) in [6, 6.07) is 5.41. The molecule has 0 atom stereocenters. The number of hydrogen-bond acceptors (Lipinski definition) is 4. The summed E-state index contributed by atoms with van der Waals surface area (Å²) in [6.45, 7) is 2.53. The predicted molar refractivity (Wildman–Crippen MR) is 76.6 cm³/mol. The molecular weight excluding hydrogens is 242 g/mol. The molecule has 1 aliphatic carbocycles. The van der Waals surface area contributed by atoms with Gasteiger partial charge in [-0.1, -0.05) is 12.1 Å². The molecule has 1 aliphatic rings. The summed E-state index contributed by atoms with van der Waals surface area (Å²) in [4.78, 5) is 13.1. The molecule has 0 radical (unpaired) electrons. The van der Waals surface area contributed by atoms with E-state index in [4.69, 9.17) is 0 Å². The van der Waals surface area contributed by atoms with Crippen LogP contribution in [0.1, 0.15) is 24.8 Å². The SMILES string of the molecule is Cc1cccc(NCC2(N(C)C)CCC2)c1[N+](=O)[O-]. The summed E-state index contributed by atoms with van der Waals surface area (Å²) < 4.78 is 0. The van der Waals surface area contributed by atoms with Gasteiger partial charge in [0, 0.05) is 17.6 Å². The lowest BCUT2D eigenvalue weighted by molar-refractivity contribution is -0.384. The van der Waals surface area contributed by atoms with Crippen molar-refractivity contribution in [3.63, 3.8) is 0 Å². The summed E-state index contributed by atoms with van der Waals surface area (Å²) in [7, 11) is 4.15. The number of aryl methyl sites for hydroxylation is 1. The van der Waals surface area contributed by atoms with Crippen LogP contribution >= 0.6 is 0 Å². The second kappa shape index (κ2) is 5.17. The highest BCUT2D eigenvalue weighted by Crippen LogP contribution is 2.37. The highest BCUT2D eigenvalue weighted by molar-refractivity contribution is 5.65. The summed E-state index contributed by atoms with van der Waals surface area (Å²) in [5.74, 6) is 0. The van der Waals surface area contributed by atoms with E-state index in [1.807, 2.05) is 6.07 Å². The molecule has 1 N–H and O–H groups in total. The van der Waals surface area contributed by atoms with E-state index < -0.39 is 0 Å². The van der Waals surface area contributed by atoms with Crippen LogP contribution in [-0.4, -0.2) is 36.0 Å². The Hall–Kier alpha value is -1.62. The summed E-state index contributed by atoms with van der Waals surface area (Å²) in [5, 5.41) is 14.4. The van der Waals surface area contributed by atoms with Gasteiger partial charge in [0.2, 0.25) is 0 Å². The van der Waals surface area contributed by atoms with Crippen molar-refractivity contribution < 1.29 is 4.92 Å². The zero-order valence-corrected chi connectivity index (χ0v) is 11.8. The Morgan fingerprint density at radius 1 is 1.42 bits per heavy atom. The Morgan fingerprint density at radius 3 is 2.58 bits per heavy atom. The van der Waals surface area contributed by atoms with E-state index in [9.17, 15) is 10.1 Å². The van der Waals surface area contributed by atoms with Gasteiger partial charge in [-0.3, -0.25) is 10.1 Å². The van der Waals surface area contributed by atoms with Crippen LogP contribution in [0.3, 0.4) is 0 Å². The molecule has 0 bridgehead atoms. The third kappa shape index (κ3) is 2.56. The molecule has 2 rings (SSSR count). The van der Waals surface area contributed by atoms with Gasteiger partial charge < -0.3 is 10.2 Å². The van der Waals surface area contributed by atoms with E-state index in [1.54, 1.807) is 19.1 Å². The highest BCUT2D eigenvalue weighted by Gasteiger charge is 2.39. The third-order valence-corrected chi connectivity index (χ3v) is 4.26. The van der Waals surface area contributed by atoms with Crippen LogP contribution in [0.4, 0.5) is 11.4 Å². The van der Waals surface area contributed by atoms with Gasteiger partial charge in [0.05, 0.1) is 4.92 Å². The molecule has 19 heavy (non-hydrogen) atoms. The minimum absolute atomic E-state index is 0.150. The molecule has 0 amide bonds. The number of nitrogens with one attached hydrogen (secondary N) is 1. The predicted octanol–water partition coefficient (Wildman–Crippen LogP) is 2.80. The van der Waals surface area contributed by atoms with E-state index in [-0.39, 0.29) is 16.1 Å². The summed E-state index contributed by atoms with van der Waals surface area (Å²) >= 11 is 0. The molecule has 0 unspecified atom stereocenters. The van der Waals surface area contributed by atoms with Crippen molar-refractivity contribution in [2.45, 2.75) is 31.7 Å². The fraction of sp³-hybridized carbons (Fsp3) is 0.571. The number of nitro benzene ring substituents is 1. The first kappa shape index (κ1) is 13.8. The zero-order chi connectivity index (χ0) is 14.0. The van der Waals surface area contributed by atoms with Gasteiger partial charge in [-0.05, 0) is 46.3 Å². The second-order valence-corrected chi connectivity index (χ2v) is 5.55. The molecular formula is C14H21N3O2. The number of hydrogen-bond donors (Lipinski definition) is 1. The molecule has 1 aromatic rings. The monoisotopic (exact) mass is 263 g/mol. The van der Waals surface area contributed by atoms with Gasteiger partial charge >= 0.3 is 0 Å². The van der Waals surface area contributed by atoms with Gasteiger partial charge in [-0.15, -0.1) is 0 Å². The van der Waals surface area contributed by atoms with Crippen molar-refractivity contribution in [1.82, 2.24) is 4.90 Å². The van der Waals surface area contributed by atoms with Crippen LogP contribution in [0.15, 0.2) is 18.2 Å². The van der Waals surface area contributed by atoms with Crippen LogP contribution in [0.25, 0.3) is 0 Å². The lowest BCUT2D eigenvalue weighted by atomic mass is 9.75. The Kier molecular flexibility index (Phi) is 3.75. The molecule has 0 heterocycles. The molecule has 1 fully saturated rings. The van der Waals surface area contributed by atoms with Crippen LogP contribution in [0, 0.1) is 17.0 Å². The van der Waals surface area contributed by atoms with Crippen molar-refractivity contribution in [2.75, 3.05) is 26.0 Å². The van der Waals surface area contributed by atoms with Crippen molar-refractivity contribution >= 4 is 11.4 Å². The normalized spacial score (nSPS) is 17.1. The average molecular weight is 263 g/mol. The van der Waals surface area contributed by atoms with E-state index in [2.05, 4.69) is 24.3 Å². The maximum absolute atomic E-state index is 11.1. The maximum Gasteiger partial charge on any atom is 0.295 e. The van der Waals surface area contributed by atoms with Crippen LogP contribution in [-0.2, 0) is 0 Å². The van der Waals surface area contributed by atoms with E-state index in [1.165, 1.54) is 6.42 Å². The largest absolute Gasteiger partial charge is 0.378 e. The third-order valence-electron chi connectivity index (χ3n) is 4.26. The quantitative estimate of drug-likeness (QED) is 0.655. The fourth-order valence-electron chi connectivity index (χ4n) is 2.67. The number of nitrogens with zero attached hydrogens (tertiary/aromatic N) is 2. The molecule has 0 aliphatic heterocycles. The van der Waals surface area contributed by atoms with Gasteiger partial charge in [0.1, 0.15) is 5.69 Å². The lowest BCUT2D eigenvalue weighted by Gasteiger charge is -2.47. The maximum atomic E-state index is 11.1. The smallest absolute Gasteiger partial charge is 0.295 e. The van der Waals surface area contributed by atoms with Crippen LogP contribution < -0.4 is 5.32 Å². The first-order valence-electron chi connectivity index (χ1n) is 6.62. The van der Waals surface area contributed by atoms with Crippen molar-refractivity contribution in [1.29, 1.82) is 0 Å². The van der Waals surface area contributed by atoms with Gasteiger partial charge in [-0.25, -0.2) is 0 Å². The molecule has 1 saturated carbocycles. The Labute approximate surface area is 113 Å². The molecule has 0 spiro atoms. The van der Waals surface area contributed by atoms with Gasteiger partial charge in [-0.2, -0.15) is 0 Å². The molecule has 5 nitrogen and oxygen atoms in total. The Bertz CT molecular complexity index is 482. The topological polar surface area (TPSA) is 58.4 Å². The molecule has 0 saturated heterocycles. The number of anilines is 1. The highest BCUT2D eigenvalue weighted by atomic mass is 16.6. The van der Waals surface area contributed by atoms with Crippen molar-refractivity contribution in [2.24, 2.45) is 0 Å². The van der Waals surface area contributed by atoms with E-state index in [0.29, 0.717) is 11.3 Å². The van der Waals surface area contributed by atoms with Gasteiger partial charge in [0.15, 0.2) is 0 Å². The molecule has 104 valence electrons. The average Bonchev–Trinajstić information content (AvgIpc) is 2.26. The first-order valence-corrected chi connectivity index (χ1v) is 6.62. The molecule has 5 heteroatoms. The fourth-order valence-corrected chi connectivity index (χ4v) is 2.67. The Balaban J connectivity index is 2.16. The minimum atomic E-state index is -0.305. The number of para-hydroxylation sites is 1. The Morgan fingerprint density at radius 2 is 2.11 bits per heavy atom. The summed E-state index contributed by atoms with van der Waals surface area (Å²) in [5.41, 5.74) is 1.66. The number of benzene rings is 1. The second-order valence-electron chi connectivity index (χ2n) is 5.55. The number of nitro groups is 1. The summed E-state index contributed by atoms with van der Waals surface area (Å²) in [6.07, 6.45) is 3.52. The number of likely N-dealkylation sites (N-methyl/N-ethyl adjacent to an activating group) is 1. The van der Waals surface area contributed by atoms with Gasteiger partial charge in [0.25, 0.3) is 5.69 Å². The molecule has 0 aromatic heterocycles. The van der Waals surface area contributed by atoms with E-state index in [0.717, 1.165) is 19.4 Å². The molecule has 1 aromatic carbocycles. The number of rotatable bonds is 5. The van der Waals surface area contributed by atoms with E-state index >= 15 is 0 Å². The zero-order valence-electron chi connectivity index (χ0n) is 11.8. The van der Waals surface area contributed by atoms with Crippen molar-refractivity contribution in [3.8, 4) is 0 Å². The lowest BCUT2D eigenvalue weighted by Crippen LogP contribution is -2.54. The van der Waals surface area contributed by atoms with Crippen LogP contribution in [0.2, 0.25) is 0 Å². The first-order chi connectivity index (χ1) is 8.96. The minimum Gasteiger partial charge on any atom is -0.378 e. The van der Waals surface area contributed by atoms with Crippen molar-refractivity contribution in [3.05, 3.63) is 33.9 Å². The van der Waals surface area contributed by atoms with Crippen LogP contribution in [0.5, 0.6) is 0 Å².